The van der Waals surface area contributed by atoms with E-state index >= 15 is 0 Å². The summed E-state index contributed by atoms with van der Waals surface area (Å²) >= 11 is 12.6. The van der Waals surface area contributed by atoms with Gasteiger partial charge in [0.1, 0.15) is 36.9 Å². The molecule has 0 atom stereocenters. The van der Waals surface area contributed by atoms with Gasteiger partial charge in [0.05, 0.1) is 37.4 Å². The van der Waals surface area contributed by atoms with Crippen LogP contribution in [0.5, 0.6) is 5.75 Å². The first-order chi connectivity index (χ1) is 22.9. The summed E-state index contributed by atoms with van der Waals surface area (Å²) in [6.07, 6.45) is 5.95. The number of amides is 1. The highest BCUT2D eigenvalue weighted by Crippen LogP contribution is 2.31. The zero-order valence-corrected chi connectivity index (χ0v) is 27.5. The van der Waals surface area contributed by atoms with E-state index in [9.17, 15) is 20.2 Å². The molecule has 3 aromatic heterocycles. The molecule has 244 valence electrons. The van der Waals surface area contributed by atoms with Crippen LogP contribution in [-0.4, -0.2) is 60.5 Å². The van der Waals surface area contributed by atoms with Crippen LogP contribution in [0.25, 0.3) is 10.9 Å². The molecule has 2 aromatic carbocycles. The molecule has 2 N–H and O–H groups in total. The van der Waals surface area contributed by atoms with Gasteiger partial charge in [0.2, 0.25) is 5.91 Å². The Balaban J connectivity index is 1.23. The van der Waals surface area contributed by atoms with Crippen molar-refractivity contribution in [2.24, 2.45) is 7.05 Å². The number of imidazole rings is 1. The lowest BCUT2D eigenvalue weighted by atomic mass is 10.2. The summed E-state index contributed by atoms with van der Waals surface area (Å²) in [6.45, 7) is 0.870. The molecule has 5 rings (SSSR count). The van der Waals surface area contributed by atoms with E-state index in [-0.39, 0.29) is 28.5 Å². The number of likely N-dealkylation sites (N-methyl/N-ethyl adjacent to an activating group) is 1. The number of nitrogens with zero attached hydrogens (tertiary/aromatic N) is 8. The van der Waals surface area contributed by atoms with Crippen molar-refractivity contribution in [1.29, 1.82) is 5.26 Å². The van der Waals surface area contributed by atoms with E-state index in [1.807, 2.05) is 38.4 Å². The average Bonchev–Trinajstić information content (AvgIpc) is 3.35. The Morgan fingerprint density at radius 3 is 2.71 bits per heavy atom. The number of nitro groups is 1. The molecule has 0 radical (unpaired) electrons. The van der Waals surface area contributed by atoms with E-state index < -0.39 is 10.8 Å². The third-order valence-corrected chi connectivity index (χ3v) is 7.69. The lowest BCUT2D eigenvalue weighted by Crippen LogP contribution is -2.39. The quantitative estimate of drug-likeness (QED) is 0.0691. The number of benzene rings is 2. The molecule has 3 heterocycles. The molecular formula is C32H29Cl2N10O4+. The summed E-state index contributed by atoms with van der Waals surface area (Å²) < 4.78 is 7.53. The second-order valence-electron chi connectivity index (χ2n) is 11.3. The van der Waals surface area contributed by atoms with Crippen LogP contribution < -0.4 is 15.4 Å². The molecule has 1 amide bonds. The number of hydrogen-bond acceptors (Lipinski definition) is 10. The van der Waals surface area contributed by atoms with Gasteiger partial charge in [0.25, 0.3) is 0 Å². The fourth-order valence-electron chi connectivity index (χ4n) is 4.77. The summed E-state index contributed by atoms with van der Waals surface area (Å²) in [4.78, 5) is 40.4. The number of rotatable bonds is 12. The number of halogens is 2. The summed E-state index contributed by atoms with van der Waals surface area (Å²) in [7, 11) is 5.25. The van der Waals surface area contributed by atoms with E-state index in [1.165, 1.54) is 23.2 Å². The Hall–Kier alpha value is -5.62. The van der Waals surface area contributed by atoms with Gasteiger partial charge in [-0.15, -0.1) is 0 Å². The number of quaternary nitrogens is 1. The van der Waals surface area contributed by atoms with Crippen molar-refractivity contribution >= 4 is 63.2 Å². The Morgan fingerprint density at radius 2 is 1.98 bits per heavy atom. The largest absolute Gasteiger partial charge is 0.487 e. The minimum atomic E-state index is -0.604. The zero-order valence-electron chi connectivity index (χ0n) is 26.0. The molecule has 14 nitrogen and oxygen atoms in total. The van der Waals surface area contributed by atoms with Crippen molar-refractivity contribution in [2.45, 2.75) is 13.2 Å². The first kappa shape index (κ1) is 33.7. The standard InChI is InChI=1S/C32H28Cl2N10O4/c1-42-26(32(43(46)47)41-29(42)15-35)17-44(2,3)11-5-8-30(45)40-28-14-23-25(16-36-28)37-19-38-31(23)39-22-9-10-27(24(34)13-22)48-18-20-6-4-7-21(33)12-20/h4-10,12-14,16,19H,11,17-18H2,1-3H3,(H-,36,37,38,39,40,45)/p+1/b8-5+. The molecule has 0 aliphatic heterocycles. The number of carbonyl (C=O) groups excluding carboxylic acids is 1. The Labute approximate surface area is 285 Å². The topological polar surface area (TPSA) is 174 Å². The number of fused-ring (bicyclic) bond motifs is 1. The van der Waals surface area contributed by atoms with Crippen LogP contribution in [0, 0.1) is 21.4 Å². The van der Waals surface area contributed by atoms with Gasteiger partial charge >= 0.3 is 11.6 Å². The molecule has 0 aliphatic rings. The third kappa shape index (κ3) is 8.20. The Morgan fingerprint density at radius 1 is 1.17 bits per heavy atom. The normalized spacial score (nSPS) is 11.4. The van der Waals surface area contributed by atoms with E-state index in [1.54, 1.807) is 43.5 Å². The number of anilines is 3. The summed E-state index contributed by atoms with van der Waals surface area (Å²) in [5.41, 5.74) is 2.43. The van der Waals surface area contributed by atoms with Gasteiger partial charge in [-0.05, 0) is 57.9 Å². The van der Waals surface area contributed by atoms with Gasteiger partial charge in [-0.2, -0.15) is 5.26 Å². The first-order valence-corrected chi connectivity index (χ1v) is 15.1. The highest BCUT2D eigenvalue weighted by Gasteiger charge is 2.30. The monoisotopic (exact) mass is 687 g/mol. The highest BCUT2D eigenvalue weighted by molar-refractivity contribution is 6.32. The molecule has 0 saturated heterocycles. The van der Waals surface area contributed by atoms with Crippen LogP contribution in [0.1, 0.15) is 17.1 Å². The Bertz CT molecular complexity index is 2090. The number of aromatic nitrogens is 5. The fourth-order valence-corrected chi connectivity index (χ4v) is 5.22. The van der Waals surface area contributed by atoms with Crippen LogP contribution in [0.4, 0.5) is 23.1 Å². The van der Waals surface area contributed by atoms with E-state index in [0.717, 1.165) is 5.56 Å². The van der Waals surface area contributed by atoms with Crippen molar-refractivity contribution in [1.82, 2.24) is 24.5 Å². The van der Waals surface area contributed by atoms with Crippen molar-refractivity contribution < 1.29 is 18.9 Å². The molecule has 5 aromatic rings. The molecule has 0 unspecified atom stereocenters. The summed E-state index contributed by atoms with van der Waals surface area (Å²) in [6, 6.07) is 16.2. The number of pyridine rings is 1. The van der Waals surface area contributed by atoms with E-state index in [2.05, 4.69) is 30.6 Å². The van der Waals surface area contributed by atoms with Crippen molar-refractivity contribution in [3.05, 3.63) is 110 Å². The summed E-state index contributed by atoms with van der Waals surface area (Å²) in [5, 5.41) is 28.3. The second kappa shape index (κ2) is 14.4. The van der Waals surface area contributed by atoms with Crippen molar-refractivity contribution in [3.8, 4) is 11.8 Å². The fraction of sp³-hybridized carbons (Fsp3) is 0.188. The average molecular weight is 689 g/mol. The van der Waals surface area contributed by atoms with Gasteiger partial charge in [0.15, 0.2) is 11.8 Å². The molecule has 0 spiro atoms. The molecule has 0 fully saturated rings. The smallest absolute Gasteiger partial charge is 0.392 e. The molecule has 0 aliphatic carbocycles. The van der Waals surface area contributed by atoms with Crippen LogP contribution in [0.2, 0.25) is 10.0 Å². The molecule has 16 heteroatoms. The minimum absolute atomic E-state index is 0.0458. The van der Waals surface area contributed by atoms with Gasteiger partial charge < -0.3 is 30.0 Å². The number of hydrogen-bond donors (Lipinski definition) is 2. The number of carbonyl (C=O) groups is 1. The molecule has 0 saturated carbocycles. The zero-order chi connectivity index (χ0) is 34.4. The first-order valence-electron chi connectivity index (χ1n) is 14.4. The third-order valence-electron chi connectivity index (χ3n) is 7.16. The van der Waals surface area contributed by atoms with Crippen LogP contribution in [0.3, 0.4) is 0 Å². The number of ether oxygens (including phenoxy) is 1. The van der Waals surface area contributed by atoms with E-state index in [4.69, 9.17) is 27.9 Å². The molecular weight excluding hydrogens is 659 g/mol. The van der Waals surface area contributed by atoms with Crippen LogP contribution >= 0.6 is 23.2 Å². The highest BCUT2D eigenvalue weighted by atomic mass is 35.5. The van der Waals surface area contributed by atoms with Gasteiger partial charge in [-0.25, -0.2) is 15.0 Å². The van der Waals surface area contributed by atoms with Crippen molar-refractivity contribution in [3.63, 3.8) is 0 Å². The van der Waals surface area contributed by atoms with Gasteiger partial charge in [-0.1, -0.05) is 35.3 Å². The predicted molar refractivity (Wildman–Crippen MR) is 181 cm³/mol. The van der Waals surface area contributed by atoms with Gasteiger partial charge in [0, 0.05) is 29.2 Å². The lowest BCUT2D eigenvalue weighted by molar-refractivity contribution is -0.898. The van der Waals surface area contributed by atoms with E-state index in [0.29, 0.717) is 57.0 Å². The number of nitrogens with one attached hydrogen (secondary N) is 2. The molecule has 48 heavy (non-hydrogen) atoms. The second-order valence-corrected chi connectivity index (χ2v) is 12.1. The van der Waals surface area contributed by atoms with Crippen molar-refractivity contribution in [2.75, 3.05) is 31.3 Å². The van der Waals surface area contributed by atoms with Crippen LogP contribution in [-0.2, 0) is 25.0 Å². The predicted octanol–water partition coefficient (Wildman–Crippen LogP) is 5.94. The van der Waals surface area contributed by atoms with Crippen LogP contribution in [0.15, 0.2) is 73.2 Å². The Kier molecular flexibility index (Phi) is 10.1. The maximum atomic E-state index is 12.8. The maximum Gasteiger partial charge on any atom is 0.392 e. The summed E-state index contributed by atoms with van der Waals surface area (Å²) in [5.74, 6) is 0.426. The molecule has 0 bridgehead atoms. The maximum absolute atomic E-state index is 12.8. The minimum Gasteiger partial charge on any atom is -0.487 e. The SMILES string of the molecule is Cn1c(C#N)nc([N+](=O)[O-])c1C[N+](C)(C)C/C=C/C(=O)Nc1cc2c(Nc3ccc(OCc4cccc(Cl)c4)c(Cl)c3)ncnc2cn1. The van der Waals surface area contributed by atoms with Gasteiger partial charge in [-0.3, -0.25) is 9.36 Å². The lowest BCUT2D eigenvalue weighted by Gasteiger charge is -2.28. The number of nitriles is 1.